The molecule has 1 atom stereocenters. The summed E-state index contributed by atoms with van der Waals surface area (Å²) in [5.74, 6) is 0.190. The van der Waals surface area contributed by atoms with Crippen molar-refractivity contribution in [1.82, 2.24) is 9.62 Å². The molecular weight excluding hydrogens is 352 g/mol. The first kappa shape index (κ1) is 18.7. The maximum absolute atomic E-state index is 13.1. The zero-order valence-electron chi connectivity index (χ0n) is 15.1. The van der Waals surface area contributed by atoms with E-state index in [4.69, 9.17) is 4.42 Å². The molecule has 6 nitrogen and oxygen atoms in total. The Bertz CT molecular complexity index is 875. The summed E-state index contributed by atoms with van der Waals surface area (Å²) in [6, 6.07) is 8.97. The van der Waals surface area contributed by atoms with Gasteiger partial charge >= 0.3 is 0 Å². The molecule has 2 heterocycles. The van der Waals surface area contributed by atoms with E-state index in [2.05, 4.69) is 5.32 Å². The van der Waals surface area contributed by atoms with Crippen LogP contribution >= 0.6 is 0 Å². The predicted molar refractivity (Wildman–Crippen MR) is 98.0 cm³/mol. The molecule has 1 aromatic carbocycles. The lowest BCUT2D eigenvalue weighted by Crippen LogP contribution is -2.45. The van der Waals surface area contributed by atoms with Gasteiger partial charge in [-0.05, 0) is 56.0 Å². The highest BCUT2D eigenvalue weighted by atomic mass is 32.2. The van der Waals surface area contributed by atoms with Gasteiger partial charge < -0.3 is 9.73 Å². The SMILES string of the molecule is Cc1ccc(C)c(S(=O)(=O)N2CCCC(C(=O)NCc3ccco3)C2)c1. The van der Waals surface area contributed by atoms with Gasteiger partial charge in [-0.25, -0.2) is 8.42 Å². The van der Waals surface area contributed by atoms with Gasteiger partial charge in [0.15, 0.2) is 0 Å². The third-order valence-corrected chi connectivity index (χ3v) is 6.74. The fourth-order valence-corrected chi connectivity index (χ4v) is 5.06. The van der Waals surface area contributed by atoms with E-state index in [-0.39, 0.29) is 18.4 Å². The van der Waals surface area contributed by atoms with E-state index in [1.807, 2.05) is 19.1 Å². The standard InChI is InChI=1S/C19H24N2O4S/c1-14-7-8-15(2)18(11-14)26(23,24)21-9-3-5-16(13-21)19(22)20-12-17-6-4-10-25-17/h4,6-8,10-11,16H,3,5,9,12-13H2,1-2H3,(H,20,22). The number of aryl methyl sites for hydroxylation is 2. The van der Waals surface area contributed by atoms with Crippen LogP contribution in [0.25, 0.3) is 0 Å². The van der Waals surface area contributed by atoms with Crippen molar-refractivity contribution in [3.63, 3.8) is 0 Å². The molecule has 0 saturated carbocycles. The molecule has 0 spiro atoms. The number of hydrogen-bond acceptors (Lipinski definition) is 4. The van der Waals surface area contributed by atoms with Crippen LogP contribution in [0.15, 0.2) is 45.9 Å². The summed E-state index contributed by atoms with van der Waals surface area (Å²) < 4.78 is 32.8. The molecule has 2 aromatic rings. The maximum Gasteiger partial charge on any atom is 0.243 e. The number of carbonyl (C=O) groups is 1. The van der Waals surface area contributed by atoms with Gasteiger partial charge in [0, 0.05) is 13.1 Å². The summed E-state index contributed by atoms with van der Waals surface area (Å²) in [6.07, 6.45) is 2.91. The van der Waals surface area contributed by atoms with Crippen molar-refractivity contribution in [2.75, 3.05) is 13.1 Å². The maximum atomic E-state index is 13.1. The first-order chi connectivity index (χ1) is 12.4. The Labute approximate surface area is 154 Å². The van der Waals surface area contributed by atoms with Crippen LogP contribution in [-0.4, -0.2) is 31.7 Å². The number of piperidine rings is 1. The van der Waals surface area contributed by atoms with Crippen LogP contribution in [-0.2, 0) is 21.4 Å². The van der Waals surface area contributed by atoms with Gasteiger partial charge in [-0.15, -0.1) is 0 Å². The fraction of sp³-hybridized carbons (Fsp3) is 0.421. The first-order valence-electron chi connectivity index (χ1n) is 8.75. The first-order valence-corrected chi connectivity index (χ1v) is 10.2. The minimum atomic E-state index is -3.60. The van der Waals surface area contributed by atoms with Gasteiger partial charge in [-0.3, -0.25) is 4.79 Å². The lowest BCUT2D eigenvalue weighted by molar-refractivity contribution is -0.126. The van der Waals surface area contributed by atoms with E-state index in [1.165, 1.54) is 4.31 Å². The van der Waals surface area contributed by atoms with Crippen LogP contribution in [0.5, 0.6) is 0 Å². The Morgan fingerprint density at radius 3 is 2.85 bits per heavy atom. The van der Waals surface area contributed by atoms with Gasteiger partial charge in [0.05, 0.1) is 23.6 Å². The Morgan fingerprint density at radius 1 is 1.31 bits per heavy atom. The van der Waals surface area contributed by atoms with E-state index in [9.17, 15) is 13.2 Å². The molecule has 1 aromatic heterocycles. The monoisotopic (exact) mass is 376 g/mol. The van der Waals surface area contributed by atoms with Crippen molar-refractivity contribution in [3.8, 4) is 0 Å². The van der Waals surface area contributed by atoms with Crippen molar-refractivity contribution in [2.24, 2.45) is 5.92 Å². The lowest BCUT2D eigenvalue weighted by atomic mass is 9.99. The molecule has 0 aliphatic carbocycles. The van der Waals surface area contributed by atoms with Gasteiger partial charge in [0.25, 0.3) is 0 Å². The number of sulfonamides is 1. The molecule has 1 aliphatic heterocycles. The molecule has 1 amide bonds. The number of furan rings is 1. The molecule has 0 radical (unpaired) electrons. The van der Waals surface area contributed by atoms with Crippen molar-refractivity contribution in [2.45, 2.75) is 38.1 Å². The second-order valence-electron chi connectivity index (χ2n) is 6.77. The van der Waals surface area contributed by atoms with E-state index in [1.54, 1.807) is 31.4 Å². The lowest BCUT2D eigenvalue weighted by Gasteiger charge is -2.31. The van der Waals surface area contributed by atoms with E-state index >= 15 is 0 Å². The number of rotatable bonds is 5. The van der Waals surface area contributed by atoms with E-state index in [0.717, 1.165) is 11.1 Å². The molecule has 7 heteroatoms. The van der Waals surface area contributed by atoms with Crippen molar-refractivity contribution in [3.05, 3.63) is 53.5 Å². The largest absolute Gasteiger partial charge is 0.467 e. The number of benzene rings is 1. The average Bonchev–Trinajstić information content (AvgIpc) is 3.15. The fourth-order valence-electron chi connectivity index (χ4n) is 3.23. The molecule has 3 rings (SSSR count). The second-order valence-corrected chi connectivity index (χ2v) is 8.67. The zero-order valence-corrected chi connectivity index (χ0v) is 15.9. The molecular formula is C19H24N2O4S. The van der Waals surface area contributed by atoms with Crippen molar-refractivity contribution in [1.29, 1.82) is 0 Å². The summed E-state index contributed by atoms with van der Waals surface area (Å²) in [5, 5.41) is 2.83. The summed E-state index contributed by atoms with van der Waals surface area (Å²) in [7, 11) is -3.60. The Kier molecular flexibility index (Phi) is 5.48. The molecule has 1 fully saturated rings. The van der Waals surface area contributed by atoms with Crippen molar-refractivity contribution >= 4 is 15.9 Å². The Morgan fingerprint density at radius 2 is 2.12 bits per heavy atom. The van der Waals surface area contributed by atoms with Crippen LogP contribution < -0.4 is 5.32 Å². The Hall–Kier alpha value is -2.12. The molecule has 1 N–H and O–H groups in total. The second kappa shape index (κ2) is 7.63. The van der Waals surface area contributed by atoms with Crippen LogP contribution in [0, 0.1) is 19.8 Å². The summed E-state index contributed by atoms with van der Waals surface area (Å²) in [4.78, 5) is 12.8. The molecule has 1 unspecified atom stereocenters. The van der Waals surface area contributed by atoms with E-state index < -0.39 is 10.0 Å². The predicted octanol–water partition coefficient (Wildman–Crippen LogP) is 2.61. The summed E-state index contributed by atoms with van der Waals surface area (Å²) in [5.41, 5.74) is 1.62. The highest BCUT2D eigenvalue weighted by Gasteiger charge is 2.34. The topological polar surface area (TPSA) is 79.6 Å². The average molecular weight is 376 g/mol. The molecule has 1 saturated heterocycles. The molecule has 0 bridgehead atoms. The van der Waals surface area contributed by atoms with Crippen LogP contribution in [0.2, 0.25) is 0 Å². The number of carbonyl (C=O) groups excluding carboxylic acids is 1. The smallest absolute Gasteiger partial charge is 0.243 e. The number of nitrogens with one attached hydrogen (secondary N) is 1. The summed E-state index contributed by atoms with van der Waals surface area (Å²) in [6.45, 7) is 4.63. The van der Waals surface area contributed by atoms with Gasteiger partial charge in [-0.2, -0.15) is 4.31 Å². The molecule has 26 heavy (non-hydrogen) atoms. The van der Waals surface area contributed by atoms with Crippen molar-refractivity contribution < 1.29 is 17.6 Å². The number of amides is 1. The minimum absolute atomic E-state index is 0.137. The van der Waals surface area contributed by atoms with Crippen LogP contribution in [0.4, 0.5) is 0 Å². The zero-order chi connectivity index (χ0) is 18.7. The molecule has 1 aliphatic rings. The number of nitrogens with zero attached hydrogens (tertiary/aromatic N) is 1. The highest BCUT2D eigenvalue weighted by molar-refractivity contribution is 7.89. The van der Waals surface area contributed by atoms with Crippen LogP contribution in [0.3, 0.4) is 0 Å². The quantitative estimate of drug-likeness (QED) is 0.870. The van der Waals surface area contributed by atoms with Gasteiger partial charge in [0.2, 0.25) is 15.9 Å². The highest BCUT2D eigenvalue weighted by Crippen LogP contribution is 2.26. The number of hydrogen-bond donors (Lipinski definition) is 1. The normalized spacial score (nSPS) is 18.6. The van der Waals surface area contributed by atoms with Gasteiger partial charge in [0.1, 0.15) is 5.76 Å². The molecule has 140 valence electrons. The third kappa shape index (κ3) is 3.99. The minimum Gasteiger partial charge on any atom is -0.467 e. The summed E-state index contributed by atoms with van der Waals surface area (Å²) >= 11 is 0. The third-order valence-electron chi connectivity index (χ3n) is 4.73. The Balaban J connectivity index is 1.71. The van der Waals surface area contributed by atoms with Crippen LogP contribution in [0.1, 0.15) is 29.7 Å². The van der Waals surface area contributed by atoms with Gasteiger partial charge in [-0.1, -0.05) is 12.1 Å². The van der Waals surface area contributed by atoms with E-state index in [0.29, 0.717) is 36.6 Å².